The Morgan fingerprint density at radius 2 is 2.04 bits per heavy atom. The van der Waals surface area contributed by atoms with Crippen LogP contribution in [0, 0.1) is 0 Å². The summed E-state index contributed by atoms with van der Waals surface area (Å²) in [6, 6.07) is 8.54. The summed E-state index contributed by atoms with van der Waals surface area (Å²) in [7, 11) is 3.11. The molecule has 2 N–H and O–H groups in total. The molecular weight excluding hydrogens is 318 g/mol. The number of carbonyl (C=O) groups is 1. The summed E-state index contributed by atoms with van der Waals surface area (Å²) in [4.78, 5) is 12.1. The van der Waals surface area contributed by atoms with Gasteiger partial charge in [-0.3, -0.25) is 4.79 Å². The van der Waals surface area contributed by atoms with Gasteiger partial charge < -0.3 is 19.9 Å². The summed E-state index contributed by atoms with van der Waals surface area (Å²) in [5, 5.41) is 13.0. The Kier molecular flexibility index (Phi) is 4.05. The maximum Gasteiger partial charge on any atom is 0.225 e. The quantitative estimate of drug-likeness (QED) is 0.901. The molecule has 1 heterocycles. The van der Waals surface area contributed by atoms with Crippen LogP contribution in [0.3, 0.4) is 0 Å². The monoisotopic (exact) mass is 333 g/mol. The predicted molar refractivity (Wildman–Crippen MR) is 87.8 cm³/mol. The van der Waals surface area contributed by atoms with E-state index < -0.39 is 0 Å². The molecule has 0 aliphatic carbocycles. The van der Waals surface area contributed by atoms with Gasteiger partial charge in [0.05, 0.1) is 24.9 Å². The van der Waals surface area contributed by atoms with Gasteiger partial charge in [0.25, 0.3) is 0 Å². The molecule has 1 amide bonds. The van der Waals surface area contributed by atoms with Crippen molar-refractivity contribution >= 4 is 23.2 Å². The number of nitrogens with one attached hydrogen (secondary N) is 1. The molecule has 0 saturated heterocycles. The maximum absolute atomic E-state index is 12.1. The number of phenols is 1. The Morgan fingerprint density at radius 1 is 1.26 bits per heavy atom. The van der Waals surface area contributed by atoms with Crippen LogP contribution in [0.1, 0.15) is 23.5 Å². The van der Waals surface area contributed by atoms with Crippen molar-refractivity contribution in [2.45, 2.75) is 12.3 Å². The largest absolute Gasteiger partial charge is 0.506 e. The number of phenolic OH excluding ortho intramolecular Hbond substituents is 1. The van der Waals surface area contributed by atoms with Crippen LogP contribution < -0.4 is 14.8 Å². The van der Waals surface area contributed by atoms with Crippen molar-refractivity contribution < 1.29 is 19.4 Å². The number of anilines is 1. The van der Waals surface area contributed by atoms with E-state index in [2.05, 4.69) is 5.32 Å². The standard InChI is InChI=1S/C17H16ClNO4/c1-22-9-6-12-16(14(7-9)23-2)11(8-15(21)19-12)10-4-3-5-13(20)17(10)18/h3-7,11,20H,8H2,1-2H3,(H,19,21). The Hall–Kier alpha value is -2.40. The topological polar surface area (TPSA) is 67.8 Å². The van der Waals surface area contributed by atoms with Gasteiger partial charge >= 0.3 is 0 Å². The Morgan fingerprint density at radius 3 is 2.74 bits per heavy atom. The second kappa shape index (κ2) is 6.01. The first-order chi connectivity index (χ1) is 11.0. The lowest BCUT2D eigenvalue weighted by Crippen LogP contribution is -2.24. The van der Waals surface area contributed by atoms with Crippen LogP contribution in [0.2, 0.25) is 5.02 Å². The van der Waals surface area contributed by atoms with Crippen molar-refractivity contribution in [3.05, 3.63) is 46.5 Å². The van der Waals surface area contributed by atoms with E-state index >= 15 is 0 Å². The van der Waals surface area contributed by atoms with Gasteiger partial charge in [0, 0.05) is 30.0 Å². The fraction of sp³-hybridized carbons (Fsp3) is 0.235. The van der Waals surface area contributed by atoms with E-state index in [9.17, 15) is 9.90 Å². The summed E-state index contributed by atoms with van der Waals surface area (Å²) >= 11 is 6.25. The highest BCUT2D eigenvalue weighted by Crippen LogP contribution is 2.47. The molecule has 120 valence electrons. The van der Waals surface area contributed by atoms with E-state index in [4.69, 9.17) is 21.1 Å². The number of halogens is 1. The van der Waals surface area contributed by atoms with Crippen LogP contribution in [0.15, 0.2) is 30.3 Å². The molecule has 23 heavy (non-hydrogen) atoms. The summed E-state index contributed by atoms with van der Waals surface area (Å²) < 4.78 is 10.7. The first-order valence-corrected chi connectivity index (χ1v) is 7.46. The Balaban J connectivity index is 2.22. The van der Waals surface area contributed by atoms with Crippen LogP contribution in [0.25, 0.3) is 0 Å². The predicted octanol–water partition coefficient (Wildman–Crippen LogP) is 3.54. The van der Waals surface area contributed by atoms with Crippen LogP contribution in [-0.2, 0) is 4.79 Å². The summed E-state index contributed by atoms with van der Waals surface area (Å²) in [6.07, 6.45) is 0.221. The number of benzene rings is 2. The molecular formula is C17H16ClNO4. The van der Waals surface area contributed by atoms with E-state index in [0.29, 0.717) is 22.7 Å². The highest BCUT2D eigenvalue weighted by molar-refractivity contribution is 6.33. The van der Waals surface area contributed by atoms with Crippen LogP contribution in [-0.4, -0.2) is 25.2 Å². The lowest BCUT2D eigenvalue weighted by molar-refractivity contribution is -0.116. The molecule has 1 aliphatic heterocycles. The molecule has 0 bridgehead atoms. The number of aromatic hydroxyl groups is 1. The summed E-state index contributed by atoms with van der Waals surface area (Å²) in [5.74, 6) is 0.743. The normalized spacial score (nSPS) is 16.5. The molecule has 3 rings (SSSR count). The highest BCUT2D eigenvalue weighted by atomic mass is 35.5. The second-order valence-electron chi connectivity index (χ2n) is 5.28. The average molecular weight is 334 g/mol. The van der Waals surface area contributed by atoms with Crippen molar-refractivity contribution in [1.82, 2.24) is 0 Å². The molecule has 1 atom stereocenters. The zero-order valence-corrected chi connectivity index (χ0v) is 13.5. The third-order valence-electron chi connectivity index (χ3n) is 3.97. The maximum atomic E-state index is 12.1. The molecule has 0 radical (unpaired) electrons. The zero-order valence-electron chi connectivity index (χ0n) is 12.7. The van der Waals surface area contributed by atoms with Crippen molar-refractivity contribution in [1.29, 1.82) is 0 Å². The number of hydrogen-bond acceptors (Lipinski definition) is 4. The summed E-state index contributed by atoms with van der Waals surface area (Å²) in [5.41, 5.74) is 2.13. The van der Waals surface area contributed by atoms with Gasteiger partial charge in [-0.2, -0.15) is 0 Å². The molecule has 2 aromatic carbocycles. The van der Waals surface area contributed by atoms with Gasteiger partial charge in [0.15, 0.2) is 0 Å². The minimum atomic E-state index is -0.306. The van der Waals surface area contributed by atoms with Gasteiger partial charge in [0.1, 0.15) is 17.2 Å². The Bertz CT molecular complexity index is 775. The number of fused-ring (bicyclic) bond motifs is 1. The molecule has 1 unspecified atom stereocenters. The van der Waals surface area contributed by atoms with E-state index in [1.165, 1.54) is 6.07 Å². The minimum absolute atomic E-state index is 0.0100. The zero-order chi connectivity index (χ0) is 16.6. The molecule has 2 aromatic rings. The third-order valence-corrected chi connectivity index (χ3v) is 4.38. The molecule has 1 aliphatic rings. The molecule has 0 aromatic heterocycles. The molecule has 5 nitrogen and oxygen atoms in total. The number of hydrogen-bond donors (Lipinski definition) is 2. The molecule has 6 heteroatoms. The number of rotatable bonds is 3. The molecule has 0 fully saturated rings. The number of methoxy groups -OCH3 is 2. The summed E-state index contributed by atoms with van der Waals surface area (Å²) in [6.45, 7) is 0. The van der Waals surface area contributed by atoms with Gasteiger partial charge in [-0.15, -0.1) is 0 Å². The van der Waals surface area contributed by atoms with E-state index in [1.807, 2.05) is 0 Å². The van der Waals surface area contributed by atoms with Gasteiger partial charge in [-0.05, 0) is 11.6 Å². The van der Waals surface area contributed by atoms with Crippen molar-refractivity contribution in [2.24, 2.45) is 0 Å². The number of ether oxygens (including phenoxy) is 2. The SMILES string of the molecule is COc1cc2c(c(OC)c1)C(c1cccc(O)c1Cl)CC(=O)N2. The fourth-order valence-electron chi connectivity index (χ4n) is 2.91. The van der Waals surface area contributed by atoms with Gasteiger partial charge in [-0.25, -0.2) is 0 Å². The molecule has 0 saturated carbocycles. The molecule has 0 spiro atoms. The average Bonchev–Trinajstić information content (AvgIpc) is 2.55. The Labute approximate surface area is 138 Å². The van der Waals surface area contributed by atoms with E-state index in [1.54, 1.807) is 38.5 Å². The first-order valence-electron chi connectivity index (χ1n) is 7.08. The highest BCUT2D eigenvalue weighted by Gasteiger charge is 2.32. The van der Waals surface area contributed by atoms with Gasteiger partial charge in [-0.1, -0.05) is 23.7 Å². The first kappa shape index (κ1) is 15.5. The van der Waals surface area contributed by atoms with E-state index in [0.717, 1.165) is 5.56 Å². The lowest BCUT2D eigenvalue weighted by atomic mass is 9.84. The third kappa shape index (κ3) is 2.68. The van der Waals surface area contributed by atoms with Crippen LogP contribution >= 0.6 is 11.6 Å². The van der Waals surface area contributed by atoms with E-state index in [-0.39, 0.29) is 29.0 Å². The fourth-order valence-corrected chi connectivity index (χ4v) is 3.17. The van der Waals surface area contributed by atoms with Crippen molar-refractivity contribution in [2.75, 3.05) is 19.5 Å². The van der Waals surface area contributed by atoms with Gasteiger partial charge in [0.2, 0.25) is 5.91 Å². The lowest BCUT2D eigenvalue weighted by Gasteiger charge is -2.29. The van der Waals surface area contributed by atoms with Crippen molar-refractivity contribution in [3.8, 4) is 17.2 Å². The smallest absolute Gasteiger partial charge is 0.225 e. The van der Waals surface area contributed by atoms with Crippen LogP contribution in [0.4, 0.5) is 5.69 Å². The van der Waals surface area contributed by atoms with Crippen LogP contribution in [0.5, 0.6) is 17.2 Å². The second-order valence-corrected chi connectivity index (χ2v) is 5.65. The number of amides is 1. The number of carbonyl (C=O) groups excluding carboxylic acids is 1. The van der Waals surface area contributed by atoms with Crippen molar-refractivity contribution in [3.63, 3.8) is 0 Å². The minimum Gasteiger partial charge on any atom is -0.506 e.